The molecule has 0 amide bonds. The summed E-state index contributed by atoms with van der Waals surface area (Å²) in [6, 6.07) is 10.7. The van der Waals surface area contributed by atoms with E-state index < -0.39 is 11.7 Å². The molecule has 1 nitrogen and oxygen atoms in total. The molecule has 0 radical (unpaired) electrons. The van der Waals surface area contributed by atoms with Gasteiger partial charge < -0.3 is 5.11 Å². The predicted molar refractivity (Wildman–Crippen MR) is 75.6 cm³/mol. The highest BCUT2D eigenvalue weighted by atomic mass is 79.9. The lowest BCUT2D eigenvalue weighted by molar-refractivity contribution is -0.139. The molecule has 0 aliphatic heterocycles. The summed E-state index contributed by atoms with van der Waals surface area (Å²) in [5, 5.41) is 8.94. The standard InChI is InChI=1S/C14H10BrF3OS/c15-10-3-6-12(14(16,17)18)13(7-10)20-11-4-1-9(8-19)2-5-11/h1-7,19H,8H2. The van der Waals surface area contributed by atoms with E-state index in [4.69, 9.17) is 5.11 Å². The highest BCUT2D eigenvalue weighted by Gasteiger charge is 2.33. The van der Waals surface area contributed by atoms with Crippen molar-refractivity contribution in [2.24, 2.45) is 0 Å². The van der Waals surface area contributed by atoms with Crippen LogP contribution in [0.4, 0.5) is 13.2 Å². The van der Waals surface area contributed by atoms with Crippen molar-refractivity contribution in [1.29, 1.82) is 0 Å². The van der Waals surface area contributed by atoms with Crippen molar-refractivity contribution >= 4 is 27.7 Å². The lowest BCUT2D eigenvalue weighted by Crippen LogP contribution is -2.06. The number of hydrogen-bond acceptors (Lipinski definition) is 2. The molecule has 1 N–H and O–H groups in total. The SMILES string of the molecule is OCc1ccc(Sc2cc(Br)ccc2C(F)(F)F)cc1. The quantitative estimate of drug-likeness (QED) is 0.818. The minimum atomic E-state index is -4.38. The summed E-state index contributed by atoms with van der Waals surface area (Å²) >= 11 is 4.23. The third-order valence-corrected chi connectivity index (χ3v) is 4.14. The van der Waals surface area contributed by atoms with Crippen LogP contribution in [0.1, 0.15) is 11.1 Å². The van der Waals surface area contributed by atoms with Crippen LogP contribution in [0, 0.1) is 0 Å². The first kappa shape index (κ1) is 15.4. The van der Waals surface area contributed by atoms with Crippen LogP contribution in [0.3, 0.4) is 0 Å². The Kier molecular flexibility index (Phi) is 4.78. The Morgan fingerprint density at radius 3 is 2.25 bits per heavy atom. The third kappa shape index (κ3) is 3.77. The molecule has 0 saturated heterocycles. The summed E-state index contributed by atoms with van der Waals surface area (Å²) in [6.45, 7) is -0.0877. The molecule has 0 fully saturated rings. The fraction of sp³-hybridized carbons (Fsp3) is 0.143. The summed E-state index contributed by atoms with van der Waals surface area (Å²) in [4.78, 5) is 0.828. The van der Waals surface area contributed by atoms with Crippen molar-refractivity contribution in [1.82, 2.24) is 0 Å². The molecule has 0 aliphatic rings. The molecule has 0 unspecified atom stereocenters. The molecule has 0 spiro atoms. The molecule has 6 heteroatoms. The molecule has 2 aromatic carbocycles. The number of benzene rings is 2. The molecule has 0 saturated carbocycles. The van der Waals surface area contributed by atoms with Crippen LogP contribution in [0.15, 0.2) is 56.7 Å². The first-order chi connectivity index (χ1) is 9.40. The van der Waals surface area contributed by atoms with Gasteiger partial charge in [0.2, 0.25) is 0 Å². The predicted octanol–water partition coefficient (Wildman–Crippen LogP) is 5.11. The van der Waals surface area contributed by atoms with Crippen LogP contribution in [-0.4, -0.2) is 5.11 Å². The number of aliphatic hydroxyl groups is 1. The van der Waals surface area contributed by atoms with Crippen molar-refractivity contribution in [3.8, 4) is 0 Å². The van der Waals surface area contributed by atoms with Gasteiger partial charge in [0, 0.05) is 14.3 Å². The average molecular weight is 363 g/mol. The van der Waals surface area contributed by atoms with E-state index in [1.165, 1.54) is 12.1 Å². The monoisotopic (exact) mass is 362 g/mol. The van der Waals surface area contributed by atoms with Crippen molar-refractivity contribution in [3.05, 3.63) is 58.1 Å². The van der Waals surface area contributed by atoms with Crippen LogP contribution in [-0.2, 0) is 12.8 Å². The number of rotatable bonds is 3. The van der Waals surface area contributed by atoms with Gasteiger partial charge in [-0.1, -0.05) is 39.8 Å². The molecule has 2 aromatic rings. The van der Waals surface area contributed by atoms with Crippen molar-refractivity contribution in [2.75, 3.05) is 0 Å². The lowest BCUT2D eigenvalue weighted by Gasteiger charge is -2.13. The minimum Gasteiger partial charge on any atom is -0.392 e. The Balaban J connectivity index is 2.34. The van der Waals surface area contributed by atoms with E-state index in [0.717, 1.165) is 23.4 Å². The second-order valence-electron chi connectivity index (χ2n) is 4.04. The van der Waals surface area contributed by atoms with Gasteiger partial charge in [-0.2, -0.15) is 13.2 Å². The zero-order chi connectivity index (χ0) is 14.8. The first-order valence-electron chi connectivity index (χ1n) is 5.64. The highest BCUT2D eigenvalue weighted by molar-refractivity contribution is 9.10. The molecule has 0 bridgehead atoms. The fourth-order valence-electron chi connectivity index (χ4n) is 1.60. The van der Waals surface area contributed by atoms with Gasteiger partial charge in [0.05, 0.1) is 12.2 Å². The molecule has 106 valence electrons. The molecular weight excluding hydrogens is 353 g/mol. The second-order valence-corrected chi connectivity index (χ2v) is 6.07. The van der Waals surface area contributed by atoms with Gasteiger partial charge in [-0.15, -0.1) is 0 Å². The van der Waals surface area contributed by atoms with Gasteiger partial charge in [-0.3, -0.25) is 0 Å². The molecule has 0 aliphatic carbocycles. The first-order valence-corrected chi connectivity index (χ1v) is 7.25. The second kappa shape index (κ2) is 6.20. The van der Waals surface area contributed by atoms with Gasteiger partial charge in [0.1, 0.15) is 0 Å². The largest absolute Gasteiger partial charge is 0.417 e. The number of alkyl halides is 3. The Bertz CT molecular complexity index is 596. The van der Waals surface area contributed by atoms with E-state index in [0.29, 0.717) is 9.37 Å². The molecule has 0 atom stereocenters. The molecule has 20 heavy (non-hydrogen) atoms. The van der Waals surface area contributed by atoms with Crippen LogP contribution in [0.2, 0.25) is 0 Å². The Hall–Kier alpha value is -0.980. The summed E-state index contributed by atoms with van der Waals surface area (Å²) in [7, 11) is 0. The molecule has 0 heterocycles. The van der Waals surface area contributed by atoms with Crippen LogP contribution >= 0.6 is 27.7 Å². The zero-order valence-corrected chi connectivity index (χ0v) is 12.5. The number of aliphatic hydroxyl groups excluding tert-OH is 1. The van der Waals surface area contributed by atoms with E-state index in [-0.39, 0.29) is 11.5 Å². The van der Waals surface area contributed by atoms with Gasteiger partial charge in [0.25, 0.3) is 0 Å². The smallest absolute Gasteiger partial charge is 0.392 e. The van der Waals surface area contributed by atoms with Crippen LogP contribution in [0.25, 0.3) is 0 Å². The maximum absolute atomic E-state index is 12.9. The molecule has 2 rings (SSSR count). The Labute approximate surface area is 126 Å². The summed E-state index contributed by atoms with van der Waals surface area (Å²) in [5.74, 6) is 0. The third-order valence-electron chi connectivity index (χ3n) is 2.58. The topological polar surface area (TPSA) is 20.2 Å². The van der Waals surface area contributed by atoms with E-state index in [1.54, 1.807) is 24.3 Å². The summed E-state index contributed by atoms with van der Waals surface area (Å²) in [6.07, 6.45) is -4.38. The van der Waals surface area contributed by atoms with Crippen molar-refractivity contribution < 1.29 is 18.3 Å². The van der Waals surface area contributed by atoms with Gasteiger partial charge in [-0.05, 0) is 35.9 Å². The zero-order valence-electron chi connectivity index (χ0n) is 10.1. The minimum absolute atomic E-state index is 0.0877. The highest BCUT2D eigenvalue weighted by Crippen LogP contribution is 2.40. The maximum Gasteiger partial charge on any atom is 0.417 e. The van der Waals surface area contributed by atoms with Crippen LogP contribution < -0.4 is 0 Å². The Morgan fingerprint density at radius 1 is 1.05 bits per heavy atom. The van der Waals surface area contributed by atoms with Crippen molar-refractivity contribution in [3.63, 3.8) is 0 Å². The van der Waals surface area contributed by atoms with Gasteiger partial charge in [0.15, 0.2) is 0 Å². The number of hydrogen-bond donors (Lipinski definition) is 1. The summed E-state index contributed by atoms with van der Waals surface area (Å²) < 4.78 is 39.4. The maximum atomic E-state index is 12.9. The van der Waals surface area contributed by atoms with Gasteiger partial charge in [-0.25, -0.2) is 0 Å². The lowest BCUT2D eigenvalue weighted by atomic mass is 10.2. The number of halogens is 4. The van der Waals surface area contributed by atoms with Crippen LogP contribution in [0.5, 0.6) is 0 Å². The average Bonchev–Trinajstić information content (AvgIpc) is 2.38. The fourth-order valence-corrected chi connectivity index (χ4v) is 3.12. The van der Waals surface area contributed by atoms with Crippen molar-refractivity contribution in [2.45, 2.75) is 22.6 Å². The van der Waals surface area contributed by atoms with E-state index in [9.17, 15) is 13.2 Å². The van der Waals surface area contributed by atoms with E-state index in [1.807, 2.05) is 0 Å². The van der Waals surface area contributed by atoms with Gasteiger partial charge >= 0.3 is 6.18 Å². The Morgan fingerprint density at radius 2 is 1.70 bits per heavy atom. The normalized spacial score (nSPS) is 11.7. The van der Waals surface area contributed by atoms with E-state index in [2.05, 4.69) is 15.9 Å². The van der Waals surface area contributed by atoms with E-state index >= 15 is 0 Å². The molecular formula is C14H10BrF3OS. The molecule has 0 aromatic heterocycles. The summed E-state index contributed by atoms with van der Waals surface area (Å²) in [5.41, 5.74) is 0.0663.